The normalized spacial score (nSPS) is 11.9. The molecule has 6 nitrogen and oxygen atoms in total. The molecule has 9 heteroatoms. The van der Waals surface area contributed by atoms with Crippen LogP contribution in [0, 0.1) is 6.92 Å². The van der Waals surface area contributed by atoms with Gasteiger partial charge in [-0.15, -0.1) is 0 Å². The Labute approximate surface area is 133 Å². The summed E-state index contributed by atoms with van der Waals surface area (Å²) in [6, 6.07) is 2.32. The quantitative estimate of drug-likeness (QED) is 0.308. The summed E-state index contributed by atoms with van der Waals surface area (Å²) in [7, 11) is -4.43. The zero-order valence-corrected chi connectivity index (χ0v) is 12.7. The van der Waals surface area contributed by atoms with Gasteiger partial charge in [0.1, 0.15) is 5.78 Å². The number of hydrogen-bond donors (Lipinski definition) is 1. The van der Waals surface area contributed by atoms with Gasteiger partial charge in [-0.1, -0.05) is 11.6 Å². The summed E-state index contributed by atoms with van der Waals surface area (Å²) in [4.78, 5) is 14.0. The molecule has 0 aromatic heterocycles. The van der Waals surface area contributed by atoms with Gasteiger partial charge in [0, 0.05) is 6.42 Å². The first-order valence-corrected chi connectivity index (χ1v) is 6.95. The van der Waals surface area contributed by atoms with E-state index in [-0.39, 0.29) is 45.8 Å². The Kier molecular flexibility index (Phi) is 6.94. The van der Waals surface area contributed by atoms with E-state index in [2.05, 4.69) is 4.99 Å². The molecule has 0 spiro atoms. The maximum Gasteiger partial charge on any atom is 1.00 e. The van der Waals surface area contributed by atoms with Gasteiger partial charge in [-0.2, -0.15) is 8.42 Å². The number of aliphatic imine (C=N–C) groups is 1. The second kappa shape index (κ2) is 7.25. The largest absolute Gasteiger partial charge is 1.00 e. The summed E-state index contributed by atoms with van der Waals surface area (Å²) >= 11 is 5.82. The second-order valence-corrected chi connectivity index (χ2v) is 5.68. The minimum absolute atomic E-state index is 0. The average Bonchev–Trinajstić information content (AvgIpc) is 2.21. The fourth-order valence-electron chi connectivity index (χ4n) is 1.44. The van der Waals surface area contributed by atoms with Crippen molar-refractivity contribution < 1.29 is 41.7 Å². The van der Waals surface area contributed by atoms with E-state index < -0.39 is 22.4 Å². The Morgan fingerprint density at radius 2 is 2.00 bits per heavy atom. The smallest absolute Gasteiger partial charge is 0.861 e. The van der Waals surface area contributed by atoms with Crippen LogP contribution in [0.25, 0.3) is 0 Å². The fraction of sp³-hybridized carbons (Fsp3) is 0.273. The van der Waals surface area contributed by atoms with E-state index in [1.54, 1.807) is 0 Å². The molecular weight excluding hydrogens is 301 g/mol. The molecule has 0 unspecified atom stereocenters. The molecule has 0 amide bonds. The maximum atomic E-state index is 11.4. The Morgan fingerprint density at radius 3 is 2.45 bits per heavy atom. The van der Waals surface area contributed by atoms with Crippen molar-refractivity contribution in [3.8, 4) is 0 Å². The van der Waals surface area contributed by atoms with Crippen molar-refractivity contribution in [1.29, 1.82) is 0 Å². The Morgan fingerprint density at radius 1 is 1.45 bits per heavy atom. The van der Waals surface area contributed by atoms with Crippen LogP contribution in [0.2, 0.25) is 5.02 Å². The zero-order chi connectivity index (χ0) is 14.8. The average molecular weight is 312 g/mol. The number of Topliss-reactive ketones (excluding diaryl/α,β-unsaturated/α-hetero) is 1. The van der Waals surface area contributed by atoms with E-state index in [9.17, 15) is 18.3 Å². The molecule has 0 bridgehead atoms. The van der Waals surface area contributed by atoms with Crippen molar-refractivity contribution >= 4 is 39.1 Å². The van der Waals surface area contributed by atoms with Crippen LogP contribution in [0.5, 0.6) is 0 Å². The number of carbonyl (C=O) groups is 1. The number of rotatable bonds is 4. The van der Waals surface area contributed by atoms with E-state index in [1.807, 2.05) is 0 Å². The van der Waals surface area contributed by atoms with Crippen molar-refractivity contribution in [1.82, 2.24) is 0 Å². The summed E-state index contributed by atoms with van der Waals surface area (Å²) in [6.45, 7) is 2.59. The third-order valence-electron chi connectivity index (χ3n) is 2.25. The molecule has 0 saturated heterocycles. The fourth-order valence-corrected chi connectivity index (χ4v) is 2.41. The summed E-state index contributed by atoms with van der Waals surface area (Å²) in [5.41, 5.74) is -0.0186. The van der Waals surface area contributed by atoms with Gasteiger partial charge in [0.25, 0.3) is 10.1 Å². The van der Waals surface area contributed by atoms with Crippen LogP contribution < -0.4 is 24.0 Å². The molecular formula is C11H11ClLiNO5S. The van der Waals surface area contributed by atoms with Gasteiger partial charge >= 0.3 is 18.9 Å². The Balaban J connectivity index is 0.00000361. The molecule has 0 aliphatic rings. The van der Waals surface area contributed by atoms with Crippen LogP contribution in [0.1, 0.15) is 18.9 Å². The van der Waals surface area contributed by atoms with Gasteiger partial charge in [-0.05, 0) is 37.4 Å². The molecule has 0 saturated carbocycles. The molecule has 0 atom stereocenters. The van der Waals surface area contributed by atoms with Crippen LogP contribution in [-0.4, -0.2) is 24.7 Å². The van der Waals surface area contributed by atoms with Gasteiger partial charge in [0.05, 0.1) is 15.6 Å². The van der Waals surface area contributed by atoms with Gasteiger partial charge in [0.2, 0.25) is 0 Å². The van der Waals surface area contributed by atoms with Crippen LogP contribution >= 0.6 is 11.6 Å². The summed E-state index contributed by atoms with van der Waals surface area (Å²) < 4.78 is 31.2. The van der Waals surface area contributed by atoms with Gasteiger partial charge < -0.3 is 5.11 Å². The number of ketones is 1. The molecule has 20 heavy (non-hydrogen) atoms. The molecule has 1 N–H and O–H groups in total. The van der Waals surface area contributed by atoms with Crippen LogP contribution in [0.4, 0.5) is 5.69 Å². The number of halogens is 1. The number of hydrogen-bond acceptors (Lipinski definition) is 5. The van der Waals surface area contributed by atoms with E-state index in [4.69, 9.17) is 16.2 Å². The molecule has 0 heterocycles. The predicted octanol–water partition coefficient (Wildman–Crippen LogP) is -1.73. The van der Waals surface area contributed by atoms with Crippen molar-refractivity contribution in [2.24, 2.45) is 4.99 Å². The standard InChI is InChI=1S/C11H12ClNO5S.Li/c1-6(14)5-10(15)13-11-7(2)9(19(16,17)18)4-3-8(11)12;/h3-4H,5H2,1-2H3,(H,13,15)(H,16,17,18);/q;+1/p-1. The minimum atomic E-state index is -4.43. The van der Waals surface area contributed by atoms with E-state index in [0.29, 0.717) is 0 Å². The van der Waals surface area contributed by atoms with Crippen molar-refractivity contribution in [2.75, 3.05) is 0 Å². The molecule has 1 rings (SSSR count). The first kappa shape index (κ1) is 19.2. The molecule has 1 aromatic rings. The molecule has 1 aromatic carbocycles. The molecule has 0 fully saturated rings. The summed E-state index contributed by atoms with van der Waals surface area (Å²) in [5, 5.41) is 11.5. The van der Waals surface area contributed by atoms with Crippen molar-refractivity contribution in [3.05, 3.63) is 22.7 Å². The topological polar surface area (TPSA) is 107 Å². The third kappa shape index (κ3) is 4.93. The molecule has 0 radical (unpaired) electrons. The van der Waals surface area contributed by atoms with Gasteiger partial charge in [0.15, 0.2) is 0 Å². The summed E-state index contributed by atoms with van der Waals surface area (Å²) in [6.07, 6.45) is -0.397. The van der Waals surface area contributed by atoms with E-state index >= 15 is 0 Å². The Hall–Kier alpha value is -0.843. The minimum Gasteiger partial charge on any atom is -0.861 e. The molecule has 0 aliphatic heterocycles. The number of nitrogens with zero attached hydrogens (tertiary/aromatic N) is 1. The maximum absolute atomic E-state index is 11.4. The Bertz CT molecular complexity index is 657. The monoisotopic (exact) mass is 311 g/mol. The number of benzene rings is 1. The number of carbonyl (C=O) groups excluding carboxylic acids is 1. The van der Waals surface area contributed by atoms with E-state index in [1.165, 1.54) is 19.9 Å². The summed E-state index contributed by atoms with van der Waals surface area (Å²) in [5.74, 6) is -1.10. The molecule has 104 valence electrons. The predicted molar refractivity (Wildman–Crippen MR) is 68.4 cm³/mol. The van der Waals surface area contributed by atoms with Crippen LogP contribution in [-0.2, 0) is 14.9 Å². The third-order valence-corrected chi connectivity index (χ3v) is 3.55. The van der Waals surface area contributed by atoms with Gasteiger partial charge in [-0.25, -0.2) is 0 Å². The zero-order valence-electron chi connectivity index (χ0n) is 11.2. The van der Waals surface area contributed by atoms with Crippen molar-refractivity contribution in [2.45, 2.75) is 25.2 Å². The van der Waals surface area contributed by atoms with Crippen LogP contribution in [0.15, 0.2) is 22.0 Å². The SMILES string of the molecule is CC(=O)CC([O-])=Nc1c(Cl)ccc(S(=O)(=O)O)c1C.[Li+]. The van der Waals surface area contributed by atoms with Crippen molar-refractivity contribution in [3.63, 3.8) is 0 Å². The van der Waals surface area contributed by atoms with E-state index in [0.717, 1.165) is 6.07 Å². The first-order valence-electron chi connectivity index (χ1n) is 5.13. The van der Waals surface area contributed by atoms with Crippen LogP contribution in [0.3, 0.4) is 0 Å². The first-order chi connectivity index (χ1) is 8.62. The second-order valence-electron chi connectivity index (χ2n) is 3.88. The van der Waals surface area contributed by atoms with Gasteiger partial charge in [-0.3, -0.25) is 14.3 Å². The molecule has 0 aliphatic carbocycles.